The van der Waals surface area contributed by atoms with Gasteiger partial charge in [0.25, 0.3) is 11.8 Å². The Morgan fingerprint density at radius 3 is 2.16 bits per heavy atom. The number of hydrogen-bond donors (Lipinski definition) is 0. The van der Waals surface area contributed by atoms with E-state index in [2.05, 4.69) is 0 Å². The van der Waals surface area contributed by atoms with Crippen LogP contribution in [0.1, 0.15) is 51.6 Å². The molecule has 0 aliphatic carbocycles. The normalized spacial score (nSPS) is 14.5. The molecule has 0 unspecified atom stereocenters. The molecule has 0 saturated carbocycles. The van der Waals surface area contributed by atoms with Crippen LogP contribution in [0.4, 0.5) is 0 Å². The summed E-state index contributed by atoms with van der Waals surface area (Å²) in [5, 5.41) is 0.999. The van der Waals surface area contributed by atoms with Gasteiger partial charge in [0.2, 0.25) is 0 Å². The molecule has 0 bridgehead atoms. The predicted octanol–water partition coefficient (Wildman–Crippen LogP) is 3.94. The molecule has 0 radical (unpaired) electrons. The number of carbonyl (C=O) groups excluding carboxylic acids is 3. The Morgan fingerprint density at radius 2 is 1.66 bits per heavy atom. The summed E-state index contributed by atoms with van der Waals surface area (Å²) < 4.78 is 6.99. The predicted molar refractivity (Wildman–Crippen MR) is 129 cm³/mol. The highest BCUT2D eigenvalue weighted by Crippen LogP contribution is 2.35. The lowest BCUT2D eigenvalue weighted by atomic mass is 10.1. The first-order valence-corrected chi connectivity index (χ1v) is 11.6. The molecule has 0 spiro atoms. The number of methoxy groups -OCH3 is 1. The lowest BCUT2D eigenvalue weighted by Crippen LogP contribution is -2.55. The van der Waals surface area contributed by atoms with E-state index in [4.69, 9.17) is 17.0 Å². The van der Waals surface area contributed by atoms with Crippen LogP contribution in [0.5, 0.6) is 0 Å². The zero-order chi connectivity index (χ0) is 23.9. The Labute approximate surface area is 197 Å². The van der Waals surface area contributed by atoms with Crippen molar-refractivity contribution >= 4 is 52.5 Å². The maximum absolute atomic E-state index is 13.0. The van der Waals surface area contributed by atoms with E-state index in [1.165, 1.54) is 28.2 Å². The second-order valence-electron chi connectivity index (χ2n) is 7.56. The van der Waals surface area contributed by atoms with Gasteiger partial charge in [-0.2, -0.15) is 0 Å². The van der Waals surface area contributed by atoms with E-state index in [-0.39, 0.29) is 10.7 Å². The van der Waals surface area contributed by atoms with Crippen molar-refractivity contribution in [3.05, 3.63) is 44.6 Å². The Hall–Kier alpha value is -2.78. The average molecular weight is 474 g/mol. The van der Waals surface area contributed by atoms with Crippen LogP contribution >= 0.6 is 23.6 Å². The minimum atomic E-state index is -0.393. The number of nitrogens with zero attached hydrogens (tertiary/aromatic N) is 3. The van der Waals surface area contributed by atoms with Crippen LogP contribution in [-0.4, -0.2) is 57.5 Å². The van der Waals surface area contributed by atoms with E-state index >= 15 is 0 Å². The molecule has 1 aliphatic heterocycles. The van der Waals surface area contributed by atoms with E-state index in [9.17, 15) is 14.4 Å². The Morgan fingerprint density at radius 1 is 1.09 bits per heavy atom. The molecule has 3 rings (SSSR count). The van der Waals surface area contributed by atoms with E-state index in [1.807, 2.05) is 52.2 Å². The average Bonchev–Trinajstić information content (AvgIpc) is 3.19. The first kappa shape index (κ1) is 23.9. The number of thiocarbonyl (C=S) groups is 1. The highest BCUT2D eigenvalue weighted by atomic mass is 32.1. The van der Waals surface area contributed by atoms with Gasteiger partial charge in [-0.15, -0.1) is 11.3 Å². The minimum absolute atomic E-state index is 0.0780. The number of aromatic nitrogens is 1. The first-order valence-electron chi connectivity index (χ1n) is 10.4. The SMILES string of the molecule is CCN1C(=O)C(=Cc2cc(C)n(-c3sc(C)c(C)c3C(=O)OC)c2C)C(=O)N(CC)C1=S. The van der Waals surface area contributed by atoms with Gasteiger partial charge in [0.15, 0.2) is 5.11 Å². The van der Waals surface area contributed by atoms with Crippen LogP contribution in [0.2, 0.25) is 0 Å². The summed E-state index contributed by atoms with van der Waals surface area (Å²) >= 11 is 6.84. The molecule has 0 atom stereocenters. The van der Waals surface area contributed by atoms with Crippen molar-refractivity contribution < 1.29 is 19.1 Å². The summed E-state index contributed by atoms with van der Waals surface area (Å²) in [6, 6.07) is 1.91. The number of esters is 1. The second-order valence-corrected chi connectivity index (χ2v) is 9.12. The Kier molecular flexibility index (Phi) is 6.71. The standard InChI is InChI=1S/C23H27N3O4S2/c1-8-24-19(27)17(20(28)25(9-2)23(24)31)11-16-10-12(3)26(14(16)5)21-18(22(29)30-7)13(4)15(6)32-21/h10-11H,8-9H2,1-7H3. The van der Waals surface area contributed by atoms with Gasteiger partial charge in [-0.3, -0.25) is 19.4 Å². The first-order chi connectivity index (χ1) is 15.1. The molecule has 9 heteroatoms. The molecular formula is C23H27N3O4S2. The fraction of sp³-hybridized carbons (Fsp3) is 0.391. The summed E-state index contributed by atoms with van der Waals surface area (Å²) in [4.78, 5) is 42.4. The van der Waals surface area contributed by atoms with Gasteiger partial charge in [0.05, 0.1) is 12.7 Å². The number of thiophene rings is 1. The molecule has 3 heterocycles. The van der Waals surface area contributed by atoms with Gasteiger partial charge >= 0.3 is 5.97 Å². The van der Waals surface area contributed by atoms with E-state index in [0.717, 1.165) is 32.4 Å². The monoisotopic (exact) mass is 473 g/mol. The summed E-state index contributed by atoms with van der Waals surface area (Å²) in [6.45, 7) is 12.1. The van der Waals surface area contributed by atoms with Gasteiger partial charge < -0.3 is 9.30 Å². The molecular weight excluding hydrogens is 446 g/mol. The van der Waals surface area contributed by atoms with Gasteiger partial charge in [0, 0.05) is 29.4 Å². The highest BCUT2D eigenvalue weighted by molar-refractivity contribution is 7.80. The third-order valence-corrected chi connectivity index (χ3v) is 7.41. The van der Waals surface area contributed by atoms with E-state index in [1.54, 1.807) is 6.08 Å². The van der Waals surface area contributed by atoms with Gasteiger partial charge in [-0.05, 0) is 77.0 Å². The quantitative estimate of drug-likeness (QED) is 0.285. The molecule has 1 saturated heterocycles. The van der Waals surface area contributed by atoms with Crippen molar-refractivity contribution in [2.45, 2.75) is 41.5 Å². The van der Waals surface area contributed by atoms with Crippen molar-refractivity contribution in [2.75, 3.05) is 20.2 Å². The van der Waals surface area contributed by atoms with Gasteiger partial charge in [0.1, 0.15) is 10.6 Å². The highest BCUT2D eigenvalue weighted by Gasteiger charge is 2.38. The van der Waals surface area contributed by atoms with Crippen molar-refractivity contribution in [2.24, 2.45) is 0 Å². The smallest absolute Gasteiger partial charge is 0.341 e. The summed E-state index contributed by atoms with van der Waals surface area (Å²) in [7, 11) is 1.37. The topological polar surface area (TPSA) is 71.9 Å². The van der Waals surface area contributed by atoms with Crippen LogP contribution in [0.15, 0.2) is 11.6 Å². The maximum atomic E-state index is 13.0. The van der Waals surface area contributed by atoms with Crippen LogP contribution < -0.4 is 0 Å². The Bertz CT molecular complexity index is 1140. The molecule has 0 N–H and O–H groups in total. The molecule has 1 aliphatic rings. The van der Waals surface area contributed by atoms with Crippen LogP contribution in [0.3, 0.4) is 0 Å². The van der Waals surface area contributed by atoms with Gasteiger partial charge in [-0.25, -0.2) is 4.79 Å². The van der Waals surface area contributed by atoms with E-state index < -0.39 is 17.8 Å². The molecule has 1 fully saturated rings. The fourth-order valence-electron chi connectivity index (χ4n) is 3.89. The minimum Gasteiger partial charge on any atom is -0.465 e. The zero-order valence-corrected chi connectivity index (χ0v) is 21.0. The lowest BCUT2D eigenvalue weighted by Gasteiger charge is -2.35. The zero-order valence-electron chi connectivity index (χ0n) is 19.4. The van der Waals surface area contributed by atoms with Crippen LogP contribution in [-0.2, 0) is 14.3 Å². The third kappa shape index (κ3) is 3.69. The largest absolute Gasteiger partial charge is 0.465 e. The van der Waals surface area contributed by atoms with Gasteiger partial charge in [-0.1, -0.05) is 0 Å². The number of ether oxygens (including phenoxy) is 1. The lowest BCUT2D eigenvalue weighted by molar-refractivity contribution is -0.133. The van der Waals surface area contributed by atoms with Crippen molar-refractivity contribution in [3.8, 4) is 5.00 Å². The number of amides is 2. The number of carbonyl (C=O) groups is 3. The fourth-order valence-corrected chi connectivity index (χ4v) is 5.57. The molecule has 170 valence electrons. The molecule has 0 aromatic carbocycles. The third-order valence-electron chi connectivity index (χ3n) is 5.77. The van der Waals surface area contributed by atoms with Crippen LogP contribution in [0, 0.1) is 27.7 Å². The molecule has 2 amide bonds. The summed E-state index contributed by atoms with van der Waals surface area (Å²) in [5.41, 5.74) is 3.92. The van der Waals surface area contributed by atoms with Crippen molar-refractivity contribution in [3.63, 3.8) is 0 Å². The summed E-state index contributed by atoms with van der Waals surface area (Å²) in [6.07, 6.45) is 1.63. The second kappa shape index (κ2) is 8.99. The number of aryl methyl sites for hydroxylation is 2. The maximum Gasteiger partial charge on any atom is 0.341 e. The van der Waals surface area contributed by atoms with Crippen LogP contribution in [0.25, 0.3) is 11.1 Å². The molecule has 32 heavy (non-hydrogen) atoms. The number of likely N-dealkylation sites (N-methyl/N-ethyl adjacent to an activating group) is 2. The number of rotatable bonds is 5. The molecule has 2 aromatic heterocycles. The molecule has 2 aromatic rings. The summed E-state index contributed by atoms with van der Waals surface area (Å²) in [5.74, 6) is -1.18. The molecule has 7 nitrogen and oxygen atoms in total. The Balaban J connectivity index is 2.17. The van der Waals surface area contributed by atoms with Crippen molar-refractivity contribution in [1.82, 2.24) is 14.4 Å². The van der Waals surface area contributed by atoms with E-state index in [0.29, 0.717) is 18.7 Å². The number of hydrogen-bond acceptors (Lipinski definition) is 6. The van der Waals surface area contributed by atoms with Crippen molar-refractivity contribution in [1.29, 1.82) is 0 Å².